The Morgan fingerprint density at radius 2 is 1.95 bits per heavy atom. The fourth-order valence-corrected chi connectivity index (χ4v) is 2.65. The minimum atomic E-state index is -0.983. The first-order valence-corrected chi connectivity index (χ1v) is 6.97. The zero-order valence-electron chi connectivity index (χ0n) is 12.2. The van der Waals surface area contributed by atoms with Gasteiger partial charge in [0.2, 0.25) is 0 Å². The third-order valence-corrected chi connectivity index (χ3v) is 3.65. The quantitative estimate of drug-likeness (QED) is 0.919. The highest BCUT2D eigenvalue weighted by Crippen LogP contribution is 2.43. The topological polar surface area (TPSA) is 55.8 Å². The van der Waals surface area contributed by atoms with Gasteiger partial charge in [-0.25, -0.2) is 4.79 Å². The highest BCUT2D eigenvalue weighted by Gasteiger charge is 2.28. The minimum absolute atomic E-state index is 0.342. The van der Waals surface area contributed by atoms with E-state index in [9.17, 15) is 4.79 Å². The van der Waals surface area contributed by atoms with Crippen molar-refractivity contribution in [2.75, 3.05) is 13.7 Å². The first kappa shape index (κ1) is 14.4. The van der Waals surface area contributed by atoms with Crippen molar-refractivity contribution < 1.29 is 19.4 Å². The van der Waals surface area contributed by atoms with Crippen LogP contribution in [0.4, 0.5) is 0 Å². The number of carbonyl (C=O) groups is 1. The third-order valence-electron chi connectivity index (χ3n) is 3.65. The molecule has 0 aliphatic heterocycles. The van der Waals surface area contributed by atoms with Crippen LogP contribution in [0.1, 0.15) is 22.8 Å². The molecule has 0 heterocycles. The summed E-state index contributed by atoms with van der Waals surface area (Å²) in [6, 6.07) is 15.6. The van der Waals surface area contributed by atoms with Gasteiger partial charge in [-0.3, -0.25) is 0 Å². The average molecular weight is 296 g/mol. The van der Waals surface area contributed by atoms with Crippen LogP contribution in [-0.4, -0.2) is 24.8 Å². The molecule has 3 rings (SSSR count). The van der Waals surface area contributed by atoms with Crippen LogP contribution in [-0.2, 0) is 9.53 Å². The molecule has 1 N–H and O–H groups in total. The first-order valence-electron chi connectivity index (χ1n) is 6.97. The molecule has 1 aliphatic rings. The Bertz CT molecular complexity index is 719. The van der Waals surface area contributed by atoms with Crippen LogP contribution < -0.4 is 4.74 Å². The van der Waals surface area contributed by atoms with Gasteiger partial charge in [0.25, 0.3) is 0 Å². The summed E-state index contributed by atoms with van der Waals surface area (Å²) < 4.78 is 10.9. The molecule has 0 bridgehead atoms. The summed E-state index contributed by atoms with van der Waals surface area (Å²) in [4.78, 5) is 10.9. The molecule has 0 radical (unpaired) electrons. The molecule has 1 aliphatic carbocycles. The molecular weight excluding hydrogens is 280 g/mol. The first-order chi connectivity index (χ1) is 10.7. The van der Waals surface area contributed by atoms with Gasteiger partial charge in [-0.15, -0.1) is 0 Å². The molecule has 0 aromatic heterocycles. The van der Waals surface area contributed by atoms with E-state index >= 15 is 0 Å². The molecule has 112 valence electrons. The Balaban J connectivity index is 2.00. The van der Waals surface area contributed by atoms with Crippen molar-refractivity contribution in [3.8, 4) is 5.75 Å². The second-order valence-electron chi connectivity index (χ2n) is 5.05. The number of methoxy groups -OCH3 is 1. The molecule has 0 spiro atoms. The fraction of sp³-hybridized carbons (Fsp3) is 0.167. The molecule has 0 saturated heterocycles. The van der Waals surface area contributed by atoms with Crippen LogP contribution in [0.25, 0.3) is 11.6 Å². The van der Waals surface area contributed by atoms with Crippen LogP contribution in [0.2, 0.25) is 0 Å². The summed E-state index contributed by atoms with van der Waals surface area (Å²) >= 11 is 0. The van der Waals surface area contributed by atoms with Gasteiger partial charge in [0, 0.05) is 0 Å². The van der Waals surface area contributed by atoms with Crippen molar-refractivity contribution in [1.29, 1.82) is 0 Å². The van der Waals surface area contributed by atoms with Crippen molar-refractivity contribution in [3.05, 3.63) is 65.2 Å². The summed E-state index contributed by atoms with van der Waals surface area (Å²) in [5, 5.41) is 8.91. The van der Waals surface area contributed by atoms with Crippen molar-refractivity contribution in [2.45, 2.75) is 6.10 Å². The molecule has 1 atom stereocenters. The van der Waals surface area contributed by atoms with Crippen molar-refractivity contribution >= 4 is 17.6 Å². The van der Waals surface area contributed by atoms with Crippen molar-refractivity contribution in [2.24, 2.45) is 0 Å². The maximum absolute atomic E-state index is 10.9. The fourth-order valence-electron chi connectivity index (χ4n) is 2.65. The summed E-state index contributed by atoms with van der Waals surface area (Å²) in [6.07, 6.45) is 1.64. The molecule has 0 saturated carbocycles. The normalized spacial score (nSPS) is 16.0. The molecular formula is C18H16O4. The second-order valence-corrected chi connectivity index (χ2v) is 5.05. The van der Waals surface area contributed by atoms with Crippen molar-refractivity contribution in [1.82, 2.24) is 0 Å². The number of carboxylic acid groups (broad SMARTS) is 1. The van der Waals surface area contributed by atoms with Gasteiger partial charge < -0.3 is 14.6 Å². The summed E-state index contributed by atoms with van der Waals surface area (Å²) in [7, 11) is 1.61. The molecule has 2 aromatic carbocycles. The van der Waals surface area contributed by atoms with E-state index in [0.29, 0.717) is 0 Å². The highest BCUT2D eigenvalue weighted by molar-refractivity contribution is 5.91. The number of aliphatic carboxylic acids is 1. The largest absolute Gasteiger partial charge is 0.497 e. The SMILES string of the molecule is COc1ccc2c(c1)C(OCC(=O)O)C(c1ccccc1)=C2. The molecule has 4 nitrogen and oxygen atoms in total. The zero-order valence-corrected chi connectivity index (χ0v) is 12.2. The third kappa shape index (κ3) is 2.73. The molecule has 0 fully saturated rings. The second kappa shape index (κ2) is 6.03. The number of ether oxygens (including phenoxy) is 2. The predicted octanol–water partition coefficient (Wildman–Crippen LogP) is 3.39. The number of hydrogen-bond acceptors (Lipinski definition) is 3. The maximum atomic E-state index is 10.9. The summed E-state index contributed by atoms with van der Waals surface area (Å²) in [6.45, 7) is -0.342. The lowest BCUT2D eigenvalue weighted by molar-refractivity contribution is -0.143. The summed E-state index contributed by atoms with van der Waals surface area (Å²) in [5.74, 6) is -0.255. The Morgan fingerprint density at radius 1 is 1.18 bits per heavy atom. The monoisotopic (exact) mass is 296 g/mol. The molecule has 0 amide bonds. The van der Waals surface area contributed by atoms with Crippen LogP contribution in [0, 0.1) is 0 Å². The van der Waals surface area contributed by atoms with E-state index in [1.54, 1.807) is 7.11 Å². The van der Waals surface area contributed by atoms with Crippen LogP contribution in [0.15, 0.2) is 48.5 Å². The zero-order chi connectivity index (χ0) is 15.5. The van der Waals surface area contributed by atoms with Crippen LogP contribution >= 0.6 is 0 Å². The smallest absolute Gasteiger partial charge is 0.329 e. The maximum Gasteiger partial charge on any atom is 0.329 e. The lowest BCUT2D eigenvalue weighted by atomic mass is 10.0. The predicted molar refractivity (Wildman–Crippen MR) is 83.6 cm³/mol. The lowest BCUT2D eigenvalue weighted by Gasteiger charge is -2.17. The summed E-state index contributed by atoms with van der Waals surface area (Å²) in [5.41, 5.74) is 3.94. The van der Waals surface area contributed by atoms with E-state index < -0.39 is 12.1 Å². The van der Waals surface area contributed by atoms with Gasteiger partial charge in [-0.1, -0.05) is 36.4 Å². The van der Waals surface area contributed by atoms with Crippen LogP contribution in [0.5, 0.6) is 5.75 Å². The van der Waals surface area contributed by atoms with Crippen LogP contribution in [0.3, 0.4) is 0 Å². The highest BCUT2D eigenvalue weighted by atomic mass is 16.5. The molecule has 1 unspecified atom stereocenters. The van der Waals surface area contributed by atoms with Gasteiger partial charge in [0.15, 0.2) is 0 Å². The Kier molecular flexibility index (Phi) is 3.94. The standard InChI is InChI=1S/C18H16O4/c1-21-14-8-7-13-9-15(12-5-3-2-4-6-12)18(16(13)10-14)22-11-17(19)20/h2-10,18H,11H2,1H3,(H,19,20). The Hall–Kier alpha value is -2.59. The Labute approximate surface area is 128 Å². The van der Waals surface area contributed by atoms with Gasteiger partial charge >= 0.3 is 5.97 Å². The minimum Gasteiger partial charge on any atom is -0.497 e. The number of rotatable bonds is 5. The van der Waals surface area contributed by atoms with Gasteiger partial charge in [-0.05, 0) is 40.5 Å². The average Bonchev–Trinajstić information content (AvgIpc) is 2.91. The molecule has 2 aromatic rings. The number of benzene rings is 2. The number of hydrogen-bond donors (Lipinski definition) is 1. The van der Waals surface area contributed by atoms with Crippen molar-refractivity contribution in [3.63, 3.8) is 0 Å². The van der Waals surface area contributed by atoms with E-state index in [4.69, 9.17) is 14.6 Å². The van der Waals surface area contributed by atoms with Gasteiger partial charge in [0.1, 0.15) is 18.5 Å². The van der Waals surface area contributed by atoms with Gasteiger partial charge in [0.05, 0.1) is 7.11 Å². The van der Waals surface area contributed by atoms with E-state index in [-0.39, 0.29) is 6.61 Å². The number of carboxylic acids is 1. The van der Waals surface area contributed by atoms with Gasteiger partial charge in [-0.2, -0.15) is 0 Å². The van der Waals surface area contributed by atoms with E-state index in [1.807, 2.05) is 54.6 Å². The number of fused-ring (bicyclic) bond motifs is 1. The molecule has 22 heavy (non-hydrogen) atoms. The van der Waals surface area contributed by atoms with E-state index in [0.717, 1.165) is 28.0 Å². The van der Waals surface area contributed by atoms with E-state index in [2.05, 4.69) is 0 Å². The Morgan fingerprint density at radius 3 is 2.64 bits per heavy atom. The lowest BCUT2D eigenvalue weighted by Crippen LogP contribution is -2.12. The molecule has 4 heteroatoms. The van der Waals surface area contributed by atoms with E-state index in [1.165, 1.54) is 0 Å².